The molecular weight excluding hydrogens is 510 g/mol. The number of benzene rings is 2. The first-order chi connectivity index (χ1) is 18.0. The summed E-state index contributed by atoms with van der Waals surface area (Å²) < 4.78 is 80.9. The lowest BCUT2D eigenvalue weighted by molar-refractivity contribution is -0.143. The molecule has 1 fully saturated rings. The number of nitrogens with zero attached hydrogens (tertiary/aromatic N) is 3. The summed E-state index contributed by atoms with van der Waals surface area (Å²) in [6, 6.07) is 11.0. The number of aromatic nitrogens is 3. The molecule has 1 aliphatic heterocycles. The molecule has 0 radical (unpaired) electrons. The van der Waals surface area contributed by atoms with Crippen LogP contribution in [0.2, 0.25) is 0 Å². The van der Waals surface area contributed by atoms with Crippen LogP contribution in [0.5, 0.6) is 0 Å². The number of alkyl halides is 6. The normalized spacial score (nSPS) is 16.2. The van der Waals surface area contributed by atoms with Gasteiger partial charge in [-0.2, -0.15) is 31.4 Å². The van der Waals surface area contributed by atoms with Gasteiger partial charge < -0.3 is 4.90 Å². The first-order valence-electron chi connectivity index (χ1n) is 11.6. The van der Waals surface area contributed by atoms with Crippen LogP contribution < -0.4 is 0 Å². The minimum Gasteiger partial charge on any atom is -0.338 e. The molecule has 5 rings (SSSR count). The lowest BCUT2D eigenvalue weighted by Gasteiger charge is -2.19. The third-order valence-corrected chi connectivity index (χ3v) is 6.59. The summed E-state index contributed by atoms with van der Waals surface area (Å²) in [6.45, 7) is 0.969. The number of pyridine rings is 1. The van der Waals surface area contributed by atoms with Gasteiger partial charge >= 0.3 is 12.4 Å². The van der Waals surface area contributed by atoms with Crippen molar-refractivity contribution in [2.75, 3.05) is 13.1 Å². The van der Waals surface area contributed by atoms with E-state index in [2.05, 4.69) is 15.2 Å². The number of nitrogens with one attached hydrogen (secondary N) is 1. The molecule has 2 aromatic carbocycles. The Bertz CT molecular complexity index is 1420. The molecule has 1 amide bonds. The minimum absolute atomic E-state index is 0.0866. The number of hydrogen-bond acceptors (Lipinski definition) is 3. The Labute approximate surface area is 213 Å². The Hall–Kier alpha value is -4.15. The number of halogens is 6. The SMILES string of the molecule is O=C(c1ccc(-c2cc(C(F)(F)F)cc(C(F)(F)F)c2)c(-c2ccn[nH]2)c1)N1CCC(c2cccnc2)C1. The first-order valence-corrected chi connectivity index (χ1v) is 11.6. The Kier molecular flexibility index (Phi) is 6.46. The monoisotopic (exact) mass is 530 g/mol. The standard InChI is InChI=1S/C27H20F6N4O/c28-26(29,30)20-10-19(11-21(13-20)27(31,32)33)22-4-3-16(12-23(22)24-5-8-35-36-24)25(38)37-9-6-18(15-37)17-2-1-7-34-14-17/h1-5,7-8,10-14,18H,6,9,15H2,(H,35,36). The van der Waals surface area contributed by atoms with E-state index in [0.29, 0.717) is 30.9 Å². The van der Waals surface area contributed by atoms with Gasteiger partial charge in [-0.3, -0.25) is 14.9 Å². The minimum atomic E-state index is -4.99. The van der Waals surface area contributed by atoms with Crippen LogP contribution in [0.15, 0.2) is 73.2 Å². The molecule has 196 valence electrons. The van der Waals surface area contributed by atoms with Gasteiger partial charge in [0.25, 0.3) is 5.91 Å². The first kappa shape index (κ1) is 25.5. The van der Waals surface area contributed by atoms with E-state index < -0.39 is 23.5 Å². The summed E-state index contributed by atoms with van der Waals surface area (Å²) in [5.41, 5.74) is -1.16. The molecule has 0 bridgehead atoms. The Morgan fingerprint density at radius 1 is 0.895 bits per heavy atom. The summed E-state index contributed by atoms with van der Waals surface area (Å²) in [5, 5.41) is 6.55. The van der Waals surface area contributed by atoms with Crippen molar-refractivity contribution in [3.8, 4) is 22.4 Å². The van der Waals surface area contributed by atoms with Crippen LogP contribution in [0, 0.1) is 0 Å². The summed E-state index contributed by atoms with van der Waals surface area (Å²) in [6.07, 6.45) is -4.40. The summed E-state index contributed by atoms with van der Waals surface area (Å²) in [7, 11) is 0. The van der Waals surface area contributed by atoms with Crippen LogP contribution in [-0.2, 0) is 12.4 Å². The average molecular weight is 530 g/mol. The largest absolute Gasteiger partial charge is 0.416 e. The van der Waals surface area contributed by atoms with Crippen LogP contribution in [0.4, 0.5) is 26.3 Å². The van der Waals surface area contributed by atoms with Gasteiger partial charge in [0.15, 0.2) is 0 Å². The predicted octanol–water partition coefficient (Wildman–Crippen LogP) is 6.81. The van der Waals surface area contributed by atoms with Crippen molar-refractivity contribution in [2.24, 2.45) is 0 Å². The molecular formula is C27H20F6N4O. The van der Waals surface area contributed by atoms with Gasteiger partial charge in [0.1, 0.15) is 0 Å². The van der Waals surface area contributed by atoms with E-state index in [1.807, 2.05) is 12.1 Å². The van der Waals surface area contributed by atoms with Gasteiger partial charge in [0.2, 0.25) is 0 Å². The van der Waals surface area contributed by atoms with Crippen molar-refractivity contribution in [3.05, 3.63) is 95.4 Å². The number of carbonyl (C=O) groups excluding carboxylic acids is 1. The Morgan fingerprint density at radius 3 is 2.24 bits per heavy atom. The second kappa shape index (κ2) is 9.62. The highest BCUT2D eigenvalue weighted by Crippen LogP contribution is 2.41. The number of amides is 1. The third kappa shape index (κ3) is 5.13. The van der Waals surface area contributed by atoms with Gasteiger partial charge in [-0.15, -0.1) is 0 Å². The number of carbonyl (C=O) groups is 1. The number of likely N-dealkylation sites (tertiary alicyclic amines) is 1. The quantitative estimate of drug-likeness (QED) is 0.295. The lowest BCUT2D eigenvalue weighted by atomic mass is 9.92. The maximum absolute atomic E-state index is 13.5. The highest BCUT2D eigenvalue weighted by Gasteiger charge is 2.37. The van der Waals surface area contributed by atoms with Crippen molar-refractivity contribution in [2.45, 2.75) is 24.7 Å². The van der Waals surface area contributed by atoms with Gasteiger partial charge in [-0.25, -0.2) is 0 Å². The highest BCUT2D eigenvalue weighted by atomic mass is 19.4. The van der Waals surface area contributed by atoms with Crippen molar-refractivity contribution < 1.29 is 31.1 Å². The van der Waals surface area contributed by atoms with Crippen molar-refractivity contribution in [1.29, 1.82) is 0 Å². The van der Waals surface area contributed by atoms with Crippen LogP contribution in [0.25, 0.3) is 22.4 Å². The van der Waals surface area contributed by atoms with Crippen molar-refractivity contribution >= 4 is 5.91 Å². The predicted molar refractivity (Wildman–Crippen MR) is 127 cm³/mol. The van der Waals surface area contributed by atoms with Crippen molar-refractivity contribution in [1.82, 2.24) is 20.1 Å². The second-order valence-corrected chi connectivity index (χ2v) is 9.05. The number of hydrogen-bond donors (Lipinski definition) is 1. The zero-order valence-electron chi connectivity index (χ0n) is 19.6. The molecule has 0 spiro atoms. The molecule has 38 heavy (non-hydrogen) atoms. The molecule has 4 aromatic rings. The average Bonchev–Trinajstić information content (AvgIpc) is 3.60. The molecule has 0 aliphatic carbocycles. The number of rotatable bonds is 4. The molecule has 5 nitrogen and oxygen atoms in total. The Morgan fingerprint density at radius 2 is 1.63 bits per heavy atom. The fraction of sp³-hybridized carbons (Fsp3) is 0.222. The third-order valence-electron chi connectivity index (χ3n) is 6.59. The van der Waals surface area contributed by atoms with Gasteiger partial charge in [0.05, 0.1) is 16.8 Å². The van der Waals surface area contributed by atoms with Gasteiger partial charge in [0, 0.05) is 48.7 Å². The fourth-order valence-electron chi connectivity index (χ4n) is 4.68. The topological polar surface area (TPSA) is 61.9 Å². The smallest absolute Gasteiger partial charge is 0.338 e. The molecule has 3 heterocycles. The maximum atomic E-state index is 13.5. The van der Waals surface area contributed by atoms with Crippen LogP contribution in [-0.4, -0.2) is 39.1 Å². The van der Waals surface area contributed by atoms with E-state index >= 15 is 0 Å². The molecule has 1 saturated heterocycles. The molecule has 0 saturated carbocycles. The van der Waals surface area contributed by atoms with E-state index in [1.165, 1.54) is 30.5 Å². The van der Waals surface area contributed by atoms with Crippen molar-refractivity contribution in [3.63, 3.8) is 0 Å². The van der Waals surface area contributed by atoms with Gasteiger partial charge in [-0.1, -0.05) is 12.1 Å². The van der Waals surface area contributed by atoms with E-state index in [0.717, 1.165) is 12.0 Å². The van der Waals surface area contributed by atoms with E-state index in [4.69, 9.17) is 0 Å². The zero-order valence-corrected chi connectivity index (χ0v) is 19.6. The van der Waals surface area contributed by atoms with Crippen LogP contribution in [0.3, 0.4) is 0 Å². The molecule has 2 aromatic heterocycles. The van der Waals surface area contributed by atoms with Crippen LogP contribution >= 0.6 is 0 Å². The van der Waals surface area contributed by atoms with Crippen LogP contribution in [0.1, 0.15) is 39.4 Å². The Balaban J connectivity index is 1.54. The molecule has 11 heteroatoms. The van der Waals surface area contributed by atoms with E-state index in [-0.39, 0.29) is 40.1 Å². The molecule has 1 aliphatic rings. The molecule has 1 atom stereocenters. The lowest BCUT2D eigenvalue weighted by Crippen LogP contribution is -2.28. The summed E-state index contributed by atoms with van der Waals surface area (Å²) >= 11 is 0. The summed E-state index contributed by atoms with van der Waals surface area (Å²) in [5.74, 6) is -0.173. The van der Waals surface area contributed by atoms with E-state index in [9.17, 15) is 31.1 Å². The maximum Gasteiger partial charge on any atom is 0.416 e. The molecule has 1 unspecified atom stereocenters. The summed E-state index contributed by atoms with van der Waals surface area (Å²) in [4.78, 5) is 19.2. The van der Waals surface area contributed by atoms with Gasteiger partial charge in [-0.05, 0) is 65.6 Å². The number of H-pyrrole nitrogens is 1. The highest BCUT2D eigenvalue weighted by molar-refractivity contribution is 5.97. The number of aromatic amines is 1. The zero-order chi connectivity index (χ0) is 27.1. The molecule has 1 N–H and O–H groups in total. The van der Waals surface area contributed by atoms with E-state index in [1.54, 1.807) is 17.3 Å². The fourth-order valence-corrected chi connectivity index (χ4v) is 4.68. The second-order valence-electron chi connectivity index (χ2n) is 9.05.